The van der Waals surface area contributed by atoms with E-state index in [-0.39, 0.29) is 5.60 Å². The lowest BCUT2D eigenvalue weighted by atomic mass is 9.87. The second-order valence-corrected chi connectivity index (χ2v) is 7.81. The number of unbranched alkanes of at least 4 members (excludes halogenated alkanes) is 2. The van der Waals surface area contributed by atoms with Gasteiger partial charge in [0.25, 0.3) is 0 Å². The number of pyridine rings is 1. The Labute approximate surface area is 146 Å². The molecule has 0 saturated heterocycles. The maximum absolute atomic E-state index is 9.75. The van der Waals surface area contributed by atoms with E-state index < -0.39 is 0 Å². The number of rotatable bonds is 7. The van der Waals surface area contributed by atoms with Crippen LogP contribution in [-0.2, 0) is 24.2 Å². The van der Waals surface area contributed by atoms with Gasteiger partial charge in [-0.25, -0.2) is 4.98 Å². The molecule has 1 aromatic rings. The quantitative estimate of drug-likeness (QED) is 0.742. The molecule has 24 heavy (non-hydrogen) atoms. The smallest absolute Gasteiger partial charge is 0.144 e. The molecule has 4 heteroatoms. The topological polar surface area (TPSA) is 57.9 Å². The zero-order valence-electron chi connectivity index (χ0n) is 15.8. The summed E-state index contributed by atoms with van der Waals surface area (Å²) in [5.74, 6) is 1.29. The molecule has 0 saturated carbocycles. The number of ether oxygens (including phenoxy) is 1. The summed E-state index contributed by atoms with van der Waals surface area (Å²) in [6, 6.07) is 2.40. The van der Waals surface area contributed by atoms with E-state index in [1.54, 1.807) is 0 Å². The monoisotopic (exact) mass is 329 g/mol. The average molecular weight is 329 g/mol. The van der Waals surface area contributed by atoms with Crippen molar-refractivity contribution >= 4 is 5.82 Å². The van der Waals surface area contributed by atoms with Crippen molar-refractivity contribution in [1.82, 2.24) is 4.98 Å². The predicted octanol–water partition coefficient (Wildman–Crippen LogP) is 4.61. The first-order chi connectivity index (χ1) is 11.4. The third kappa shape index (κ3) is 4.48. The van der Waals surface area contributed by atoms with Gasteiger partial charge in [-0.15, -0.1) is 0 Å². The van der Waals surface area contributed by atoms with Crippen molar-refractivity contribution in [3.8, 4) is 6.07 Å². The molecule has 1 aliphatic rings. The van der Waals surface area contributed by atoms with E-state index in [4.69, 9.17) is 9.72 Å². The largest absolute Gasteiger partial charge is 0.370 e. The zero-order valence-corrected chi connectivity index (χ0v) is 15.8. The van der Waals surface area contributed by atoms with Crippen LogP contribution in [0, 0.1) is 17.2 Å². The highest BCUT2D eigenvalue weighted by Crippen LogP contribution is 2.34. The molecule has 0 amide bonds. The highest BCUT2D eigenvalue weighted by molar-refractivity contribution is 5.60. The molecule has 0 spiro atoms. The highest BCUT2D eigenvalue weighted by atomic mass is 16.5. The summed E-state index contributed by atoms with van der Waals surface area (Å²) < 4.78 is 6.00. The van der Waals surface area contributed by atoms with Crippen molar-refractivity contribution < 1.29 is 4.74 Å². The minimum atomic E-state index is -0.228. The van der Waals surface area contributed by atoms with E-state index >= 15 is 0 Å². The minimum Gasteiger partial charge on any atom is -0.370 e. The van der Waals surface area contributed by atoms with Crippen molar-refractivity contribution in [3.05, 3.63) is 22.4 Å². The van der Waals surface area contributed by atoms with Gasteiger partial charge >= 0.3 is 0 Å². The van der Waals surface area contributed by atoms with Crippen molar-refractivity contribution in [3.63, 3.8) is 0 Å². The van der Waals surface area contributed by atoms with Crippen LogP contribution in [0.3, 0.4) is 0 Å². The van der Waals surface area contributed by atoms with E-state index in [2.05, 4.69) is 46.0 Å². The fraction of sp³-hybridized carbons (Fsp3) is 0.700. The summed E-state index contributed by atoms with van der Waals surface area (Å²) in [5, 5.41) is 13.2. The van der Waals surface area contributed by atoms with Gasteiger partial charge in [-0.2, -0.15) is 5.26 Å². The third-order valence-corrected chi connectivity index (χ3v) is 4.49. The Morgan fingerprint density at radius 1 is 1.29 bits per heavy atom. The molecular formula is C20H31N3O. The molecule has 2 rings (SSSR count). The van der Waals surface area contributed by atoms with Gasteiger partial charge in [0.15, 0.2) is 0 Å². The van der Waals surface area contributed by atoms with Crippen LogP contribution in [0.25, 0.3) is 0 Å². The zero-order chi connectivity index (χ0) is 17.7. The molecule has 4 nitrogen and oxygen atoms in total. The Kier molecular flexibility index (Phi) is 6.23. The Morgan fingerprint density at radius 2 is 2.04 bits per heavy atom. The second-order valence-electron chi connectivity index (χ2n) is 7.81. The SMILES string of the molecule is CCCCCNc1nc(CC(C)C)c2c(c1C#N)CC(C)(C)OC2. The summed E-state index contributed by atoms with van der Waals surface area (Å²) in [7, 11) is 0. The number of hydrogen-bond acceptors (Lipinski definition) is 4. The Bertz CT molecular complexity index is 614. The van der Waals surface area contributed by atoms with Crippen molar-refractivity contribution in [2.75, 3.05) is 11.9 Å². The fourth-order valence-corrected chi connectivity index (χ4v) is 3.22. The first kappa shape index (κ1) is 18.7. The lowest BCUT2D eigenvalue weighted by Gasteiger charge is -2.34. The van der Waals surface area contributed by atoms with Crippen molar-refractivity contribution in [2.24, 2.45) is 5.92 Å². The number of aromatic nitrogens is 1. The molecule has 0 fully saturated rings. The van der Waals surface area contributed by atoms with Crippen LogP contribution in [0.15, 0.2) is 0 Å². The number of fused-ring (bicyclic) bond motifs is 1. The molecule has 132 valence electrons. The first-order valence-electron chi connectivity index (χ1n) is 9.20. The molecule has 2 heterocycles. The Hall–Kier alpha value is -1.60. The number of nitrogens with one attached hydrogen (secondary N) is 1. The van der Waals surface area contributed by atoms with Gasteiger partial charge in [-0.3, -0.25) is 0 Å². The molecule has 0 aliphatic carbocycles. The molecule has 0 unspecified atom stereocenters. The standard InChI is InChI=1S/C20H31N3O/c1-6-7-8-9-22-19-16(12-21)15-11-20(4,5)24-13-17(15)18(23-19)10-14(2)3/h14H,6-11,13H2,1-5H3,(H,22,23). The number of nitriles is 1. The molecule has 1 aliphatic heterocycles. The third-order valence-electron chi connectivity index (χ3n) is 4.49. The number of hydrogen-bond donors (Lipinski definition) is 1. The van der Waals surface area contributed by atoms with Gasteiger partial charge in [-0.05, 0) is 38.2 Å². The maximum atomic E-state index is 9.75. The van der Waals surface area contributed by atoms with Crippen LogP contribution in [0.5, 0.6) is 0 Å². The Morgan fingerprint density at radius 3 is 2.67 bits per heavy atom. The summed E-state index contributed by atoms with van der Waals surface area (Å²) in [4.78, 5) is 4.83. The number of anilines is 1. The highest BCUT2D eigenvalue weighted by Gasteiger charge is 2.31. The second kappa shape index (κ2) is 7.98. The summed E-state index contributed by atoms with van der Waals surface area (Å²) in [5.41, 5.74) is 3.85. The van der Waals surface area contributed by atoms with Crippen LogP contribution in [0.1, 0.15) is 76.3 Å². The van der Waals surface area contributed by atoms with Crippen LogP contribution in [0.4, 0.5) is 5.82 Å². The molecule has 0 aromatic carbocycles. The minimum absolute atomic E-state index is 0.228. The molecule has 1 N–H and O–H groups in total. The van der Waals surface area contributed by atoms with Gasteiger partial charge in [0.1, 0.15) is 11.9 Å². The predicted molar refractivity (Wildman–Crippen MR) is 98.1 cm³/mol. The van der Waals surface area contributed by atoms with Crippen LogP contribution in [-0.4, -0.2) is 17.1 Å². The van der Waals surface area contributed by atoms with Crippen molar-refractivity contribution in [1.29, 1.82) is 5.26 Å². The Balaban J connectivity index is 2.41. The van der Waals surface area contributed by atoms with Gasteiger partial charge in [0.05, 0.1) is 17.8 Å². The van der Waals surface area contributed by atoms with Gasteiger partial charge < -0.3 is 10.1 Å². The summed E-state index contributed by atoms with van der Waals surface area (Å²) in [6.07, 6.45) is 5.17. The van der Waals surface area contributed by atoms with E-state index in [1.807, 2.05) is 0 Å². The molecule has 0 radical (unpaired) electrons. The van der Waals surface area contributed by atoms with E-state index in [1.165, 1.54) is 12.8 Å². The van der Waals surface area contributed by atoms with Crippen molar-refractivity contribution in [2.45, 2.75) is 78.9 Å². The van der Waals surface area contributed by atoms with E-state index in [0.717, 1.165) is 48.4 Å². The van der Waals surface area contributed by atoms with E-state index in [0.29, 0.717) is 18.1 Å². The van der Waals surface area contributed by atoms with Crippen LogP contribution >= 0.6 is 0 Å². The summed E-state index contributed by atoms with van der Waals surface area (Å²) >= 11 is 0. The molecule has 1 aromatic heterocycles. The normalized spacial score (nSPS) is 15.9. The summed E-state index contributed by atoms with van der Waals surface area (Å²) in [6.45, 7) is 12.2. The molecular weight excluding hydrogens is 298 g/mol. The van der Waals surface area contributed by atoms with Crippen LogP contribution in [0.2, 0.25) is 0 Å². The first-order valence-corrected chi connectivity index (χ1v) is 9.20. The number of nitrogens with zero attached hydrogens (tertiary/aromatic N) is 2. The van der Waals surface area contributed by atoms with E-state index in [9.17, 15) is 5.26 Å². The average Bonchev–Trinajstić information content (AvgIpc) is 2.50. The maximum Gasteiger partial charge on any atom is 0.144 e. The van der Waals surface area contributed by atoms with Gasteiger partial charge in [0, 0.05) is 24.2 Å². The van der Waals surface area contributed by atoms with Crippen LogP contribution < -0.4 is 5.32 Å². The van der Waals surface area contributed by atoms with Gasteiger partial charge in [0.2, 0.25) is 0 Å². The molecule has 0 atom stereocenters. The lowest BCUT2D eigenvalue weighted by Crippen LogP contribution is -2.33. The lowest BCUT2D eigenvalue weighted by molar-refractivity contribution is -0.0407. The van der Waals surface area contributed by atoms with Gasteiger partial charge in [-0.1, -0.05) is 33.6 Å². The fourth-order valence-electron chi connectivity index (χ4n) is 3.22. The molecule has 0 bridgehead atoms.